The summed E-state index contributed by atoms with van der Waals surface area (Å²) in [4.78, 5) is 20.4. The first-order valence-corrected chi connectivity index (χ1v) is 10.3. The van der Waals surface area contributed by atoms with E-state index in [1.165, 1.54) is 0 Å². The number of aryl methyl sites for hydroxylation is 1. The van der Waals surface area contributed by atoms with Crippen LogP contribution in [0.3, 0.4) is 0 Å². The highest BCUT2D eigenvalue weighted by molar-refractivity contribution is 6.30. The van der Waals surface area contributed by atoms with Crippen LogP contribution in [0.15, 0.2) is 42.5 Å². The molecule has 1 atom stereocenters. The highest BCUT2D eigenvalue weighted by atomic mass is 35.5. The van der Waals surface area contributed by atoms with Crippen LogP contribution in [0.1, 0.15) is 40.6 Å². The first-order chi connectivity index (χ1) is 14.9. The van der Waals surface area contributed by atoms with Crippen molar-refractivity contribution in [3.8, 4) is 5.75 Å². The number of nitrogens with one attached hydrogen (secondary N) is 2. The number of hydrogen-bond acceptors (Lipinski definition) is 6. The molecular formula is C22H23ClN4O4. The molecule has 162 valence electrons. The van der Waals surface area contributed by atoms with Crippen LogP contribution in [-0.2, 0) is 13.0 Å². The van der Waals surface area contributed by atoms with Crippen LogP contribution in [0.5, 0.6) is 5.75 Å². The Morgan fingerprint density at radius 3 is 2.77 bits per heavy atom. The summed E-state index contributed by atoms with van der Waals surface area (Å²) in [5.74, 6) is 0.123. The molecule has 3 aromatic rings. The Kier molecular flexibility index (Phi) is 6.01. The van der Waals surface area contributed by atoms with Gasteiger partial charge in [-0.05, 0) is 36.2 Å². The second-order valence-corrected chi connectivity index (χ2v) is 7.60. The molecule has 0 saturated heterocycles. The molecule has 31 heavy (non-hydrogen) atoms. The lowest BCUT2D eigenvalue weighted by molar-refractivity contribution is 0.0697. The maximum absolute atomic E-state index is 11.0. The molecule has 8 nitrogen and oxygen atoms in total. The van der Waals surface area contributed by atoms with Crippen molar-refractivity contribution in [2.75, 3.05) is 23.4 Å². The number of carboxylic acid groups (broad SMARTS) is 1. The highest BCUT2D eigenvalue weighted by Crippen LogP contribution is 2.35. The van der Waals surface area contributed by atoms with Crippen molar-refractivity contribution in [3.05, 3.63) is 70.3 Å². The van der Waals surface area contributed by atoms with Crippen LogP contribution in [0.2, 0.25) is 5.15 Å². The minimum absolute atomic E-state index is 0.268. The summed E-state index contributed by atoms with van der Waals surface area (Å²) in [6, 6.07) is 12.5. The number of rotatable bonds is 7. The minimum atomic E-state index is -1.04. The third-order valence-electron chi connectivity index (χ3n) is 5.16. The van der Waals surface area contributed by atoms with Gasteiger partial charge in [0.15, 0.2) is 17.2 Å². The van der Waals surface area contributed by atoms with E-state index in [4.69, 9.17) is 21.4 Å². The van der Waals surface area contributed by atoms with Crippen molar-refractivity contribution in [1.29, 1.82) is 0 Å². The topological polar surface area (TPSA) is 111 Å². The number of aliphatic hydroxyl groups is 1. The molecule has 0 bridgehead atoms. The van der Waals surface area contributed by atoms with E-state index in [2.05, 4.69) is 20.2 Å². The fourth-order valence-corrected chi connectivity index (χ4v) is 3.77. The van der Waals surface area contributed by atoms with Gasteiger partial charge < -0.3 is 30.2 Å². The Balaban J connectivity index is 1.48. The van der Waals surface area contributed by atoms with E-state index in [9.17, 15) is 9.90 Å². The van der Waals surface area contributed by atoms with Gasteiger partial charge in [-0.2, -0.15) is 0 Å². The van der Waals surface area contributed by atoms with E-state index in [0.717, 1.165) is 16.9 Å². The van der Waals surface area contributed by atoms with Crippen molar-refractivity contribution >= 4 is 28.9 Å². The third kappa shape index (κ3) is 4.60. The Morgan fingerprint density at radius 2 is 2.10 bits per heavy atom. The fourth-order valence-electron chi connectivity index (χ4n) is 3.50. The van der Waals surface area contributed by atoms with Crippen LogP contribution in [0.25, 0.3) is 0 Å². The van der Waals surface area contributed by atoms with E-state index >= 15 is 0 Å². The Bertz CT molecular complexity index is 1080. The number of halogens is 1. The number of aromatic amines is 1. The zero-order valence-corrected chi connectivity index (χ0v) is 17.7. The van der Waals surface area contributed by atoms with Gasteiger partial charge in [-0.1, -0.05) is 30.7 Å². The molecule has 0 amide bonds. The fraction of sp³-hybridized carbons (Fsp3) is 0.273. The molecule has 4 rings (SSSR count). The van der Waals surface area contributed by atoms with Gasteiger partial charge >= 0.3 is 5.97 Å². The van der Waals surface area contributed by atoms with Crippen LogP contribution >= 0.6 is 11.6 Å². The molecule has 2 heterocycles. The lowest BCUT2D eigenvalue weighted by atomic mass is 10.1. The van der Waals surface area contributed by atoms with Gasteiger partial charge in [0.2, 0.25) is 0 Å². The number of aromatic carboxylic acids is 1. The lowest BCUT2D eigenvalue weighted by Gasteiger charge is -2.32. The van der Waals surface area contributed by atoms with E-state index in [1.54, 1.807) is 12.1 Å². The van der Waals surface area contributed by atoms with E-state index < -0.39 is 12.2 Å². The number of carboxylic acids is 1. The van der Waals surface area contributed by atoms with Crippen molar-refractivity contribution in [2.45, 2.75) is 26.1 Å². The van der Waals surface area contributed by atoms with Gasteiger partial charge in [-0.25, -0.2) is 9.78 Å². The number of H-pyrrole nitrogens is 1. The average molecular weight is 443 g/mol. The molecule has 0 radical (unpaired) electrons. The SMILES string of the molecule is CCc1[nH]c(C(O)Nc2ccc3c(c2)OCCN3Cc2ccc(C(=O)O)cc2)nc1Cl. The molecule has 0 fully saturated rings. The Morgan fingerprint density at radius 1 is 1.32 bits per heavy atom. The number of aromatic nitrogens is 2. The Hall–Kier alpha value is -3.23. The molecule has 1 aliphatic rings. The quantitative estimate of drug-likeness (QED) is 0.411. The van der Waals surface area contributed by atoms with Crippen LogP contribution < -0.4 is 15.0 Å². The van der Waals surface area contributed by atoms with Crippen molar-refractivity contribution in [2.24, 2.45) is 0 Å². The molecule has 2 aromatic carbocycles. The number of aliphatic hydroxyl groups excluding tert-OH is 1. The number of benzene rings is 2. The van der Waals surface area contributed by atoms with Crippen molar-refractivity contribution in [1.82, 2.24) is 9.97 Å². The molecule has 0 saturated carbocycles. The summed E-state index contributed by atoms with van der Waals surface area (Å²) in [5.41, 5.74) is 3.67. The second kappa shape index (κ2) is 8.87. The summed E-state index contributed by atoms with van der Waals surface area (Å²) in [6.45, 7) is 3.83. The molecule has 4 N–H and O–H groups in total. The van der Waals surface area contributed by atoms with Crippen molar-refractivity contribution < 1.29 is 19.7 Å². The van der Waals surface area contributed by atoms with Gasteiger partial charge in [0, 0.05) is 18.3 Å². The maximum atomic E-state index is 11.0. The summed E-state index contributed by atoms with van der Waals surface area (Å²) in [5, 5.41) is 22.9. The van der Waals surface area contributed by atoms with Gasteiger partial charge in [-0.15, -0.1) is 0 Å². The number of fused-ring (bicyclic) bond motifs is 1. The molecule has 1 unspecified atom stereocenters. The van der Waals surface area contributed by atoms with Gasteiger partial charge in [0.1, 0.15) is 12.4 Å². The van der Waals surface area contributed by atoms with E-state index in [1.807, 2.05) is 37.3 Å². The van der Waals surface area contributed by atoms with Crippen LogP contribution in [0.4, 0.5) is 11.4 Å². The number of nitrogens with zero attached hydrogens (tertiary/aromatic N) is 2. The molecule has 0 aliphatic carbocycles. The lowest BCUT2D eigenvalue weighted by Crippen LogP contribution is -2.32. The standard InChI is InChI=1S/C22H23ClN4O4/c1-2-16-19(23)26-20(25-16)21(28)24-15-7-8-17-18(11-15)31-10-9-27(17)12-13-3-5-14(6-4-13)22(29)30/h3-8,11,21,24,28H,2,9-10,12H2,1H3,(H,25,26)(H,29,30). The summed E-state index contributed by atoms with van der Waals surface area (Å²) in [7, 11) is 0. The van der Waals surface area contributed by atoms with Crippen LogP contribution in [0, 0.1) is 0 Å². The normalized spacial score (nSPS) is 14.0. The average Bonchev–Trinajstić information content (AvgIpc) is 3.15. The first kappa shape index (κ1) is 21.0. The minimum Gasteiger partial charge on any atom is -0.489 e. The second-order valence-electron chi connectivity index (χ2n) is 7.25. The first-order valence-electron chi connectivity index (χ1n) is 9.97. The van der Waals surface area contributed by atoms with Gasteiger partial charge in [0.05, 0.1) is 23.5 Å². The van der Waals surface area contributed by atoms with E-state index in [-0.39, 0.29) is 5.56 Å². The molecule has 0 spiro atoms. The predicted molar refractivity (Wildman–Crippen MR) is 118 cm³/mol. The number of carbonyl (C=O) groups is 1. The highest BCUT2D eigenvalue weighted by Gasteiger charge is 2.20. The van der Waals surface area contributed by atoms with Gasteiger partial charge in [0.25, 0.3) is 0 Å². The molecule has 1 aromatic heterocycles. The maximum Gasteiger partial charge on any atom is 0.335 e. The van der Waals surface area contributed by atoms with E-state index in [0.29, 0.717) is 48.5 Å². The third-order valence-corrected chi connectivity index (χ3v) is 5.47. The van der Waals surface area contributed by atoms with Crippen molar-refractivity contribution in [3.63, 3.8) is 0 Å². The monoisotopic (exact) mass is 442 g/mol. The number of anilines is 2. The zero-order valence-electron chi connectivity index (χ0n) is 16.9. The molecular weight excluding hydrogens is 420 g/mol. The number of hydrogen-bond donors (Lipinski definition) is 4. The van der Waals surface area contributed by atoms with Gasteiger partial charge in [-0.3, -0.25) is 0 Å². The molecule has 9 heteroatoms. The summed E-state index contributed by atoms with van der Waals surface area (Å²) < 4.78 is 5.82. The predicted octanol–water partition coefficient (Wildman–Crippen LogP) is 3.83. The summed E-state index contributed by atoms with van der Waals surface area (Å²) >= 11 is 6.06. The Labute approximate surface area is 184 Å². The smallest absolute Gasteiger partial charge is 0.335 e. The zero-order chi connectivity index (χ0) is 22.0. The van der Waals surface area contributed by atoms with Crippen LogP contribution in [-0.4, -0.2) is 39.3 Å². The number of imidazole rings is 1. The number of ether oxygens (including phenoxy) is 1. The summed E-state index contributed by atoms with van der Waals surface area (Å²) in [6.07, 6.45) is -0.344. The largest absolute Gasteiger partial charge is 0.489 e. The molecule has 1 aliphatic heterocycles.